The van der Waals surface area contributed by atoms with Gasteiger partial charge in [-0.05, 0) is 30.4 Å². The van der Waals surface area contributed by atoms with Crippen molar-refractivity contribution in [2.75, 3.05) is 0 Å². The lowest BCUT2D eigenvalue weighted by Crippen LogP contribution is -2.48. The smallest absolute Gasteiger partial charge is 0.321 e. The molecule has 2 rings (SSSR count). The number of imidazole rings is 1. The lowest BCUT2D eigenvalue weighted by molar-refractivity contribution is -0.142. The molecule has 0 spiro atoms. The Balaban J connectivity index is 2.06. The molecule has 2 atom stereocenters. The molecule has 0 fully saturated rings. The maximum atomic E-state index is 11.5. The fourth-order valence-electron chi connectivity index (χ4n) is 2.56. The van der Waals surface area contributed by atoms with Gasteiger partial charge in [-0.2, -0.15) is 0 Å². The molecule has 3 N–H and O–H groups in total. The van der Waals surface area contributed by atoms with Crippen molar-refractivity contribution in [2.45, 2.75) is 38.8 Å². The zero-order valence-electron chi connectivity index (χ0n) is 15.3. The van der Waals surface area contributed by atoms with Crippen LogP contribution in [0.25, 0.3) is 0 Å². The summed E-state index contributed by atoms with van der Waals surface area (Å²) in [5, 5.41) is 21.5. The van der Waals surface area contributed by atoms with Crippen molar-refractivity contribution in [1.29, 1.82) is 0 Å². The number of nitrogens with zero attached hydrogens (tertiary/aromatic N) is 2. The maximum absolute atomic E-state index is 11.5. The molecule has 27 heavy (non-hydrogen) atoms. The topological polar surface area (TPSA) is 104 Å². The Labute approximate surface area is 158 Å². The van der Waals surface area contributed by atoms with Crippen molar-refractivity contribution in [3.8, 4) is 12.0 Å². The summed E-state index contributed by atoms with van der Waals surface area (Å²) in [7, 11) is 0. The van der Waals surface area contributed by atoms with Crippen LogP contribution >= 0.6 is 0 Å². The Hall–Kier alpha value is -3.11. The molecule has 142 valence electrons. The summed E-state index contributed by atoms with van der Waals surface area (Å²) in [6.07, 6.45) is 3.56. The van der Waals surface area contributed by atoms with Crippen LogP contribution in [0.5, 0.6) is 0 Å². The normalized spacial score (nSPS) is 12.9. The first-order valence-corrected chi connectivity index (χ1v) is 8.66. The highest BCUT2D eigenvalue weighted by atomic mass is 16.4. The highest BCUT2D eigenvalue weighted by molar-refractivity contribution is 5.77. The average molecular weight is 369 g/mol. The van der Waals surface area contributed by atoms with E-state index < -0.39 is 24.0 Å². The number of benzene rings is 1. The van der Waals surface area contributed by atoms with E-state index in [-0.39, 0.29) is 12.3 Å². The highest BCUT2D eigenvalue weighted by Gasteiger charge is 2.27. The van der Waals surface area contributed by atoms with Crippen molar-refractivity contribution in [2.24, 2.45) is 5.92 Å². The summed E-state index contributed by atoms with van der Waals surface area (Å²) in [5.41, 5.74) is 1.38. The number of carbonyl (C=O) groups is 2. The van der Waals surface area contributed by atoms with Crippen LogP contribution in [0.2, 0.25) is 0 Å². The summed E-state index contributed by atoms with van der Waals surface area (Å²) in [6.45, 7) is 3.78. The van der Waals surface area contributed by atoms with Gasteiger partial charge in [0.2, 0.25) is 0 Å². The molecule has 0 saturated carbocycles. The first kappa shape index (κ1) is 20.2. The van der Waals surface area contributed by atoms with Crippen molar-refractivity contribution in [1.82, 2.24) is 14.9 Å². The molecule has 1 heterocycles. The second-order valence-corrected chi connectivity index (χ2v) is 6.66. The number of aromatic nitrogens is 2. The molecule has 0 radical (unpaired) electrons. The van der Waals surface area contributed by atoms with Crippen LogP contribution in [0.3, 0.4) is 0 Å². The van der Waals surface area contributed by atoms with E-state index in [2.05, 4.69) is 22.3 Å². The van der Waals surface area contributed by atoms with Gasteiger partial charge in [-0.15, -0.1) is 0 Å². The van der Waals surface area contributed by atoms with Gasteiger partial charge in [0.1, 0.15) is 18.4 Å². The van der Waals surface area contributed by atoms with E-state index >= 15 is 0 Å². The maximum Gasteiger partial charge on any atom is 0.321 e. The number of nitrogens with one attached hydrogen (secondary N) is 1. The molecule has 0 amide bonds. The molecule has 0 bridgehead atoms. The van der Waals surface area contributed by atoms with E-state index in [0.717, 1.165) is 5.56 Å². The van der Waals surface area contributed by atoms with Gasteiger partial charge in [-0.25, -0.2) is 4.98 Å². The van der Waals surface area contributed by atoms with Crippen molar-refractivity contribution < 1.29 is 19.8 Å². The summed E-state index contributed by atoms with van der Waals surface area (Å²) in [5.74, 6) is 0.931. The van der Waals surface area contributed by atoms with Gasteiger partial charge in [-0.1, -0.05) is 32.0 Å². The molecule has 0 aliphatic heterocycles. The van der Waals surface area contributed by atoms with Gasteiger partial charge in [0.05, 0.1) is 5.69 Å². The van der Waals surface area contributed by atoms with Crippen LogP contribution in [-0.4, -0.2) is 43.8 Å². The molecule has 1 aromatic carbocycles. The van der Waals surface area contributed by atoms with E-state index in [9.17, 15) is 19.8 Å². The third kappa shape index (κ3) is 6.60. The number of hydrogen-bond donors (Lipinski definition) is 3. The zero-order chi connectivity index (χ0) is 19.8. The zero-order valence-corrected chi connectivity index (χ0v) is 15.3. The Bertz CT molecular complexity index is 834. The quantitative estimate of drug-likeness (QED) is 0.613. The van der Waals surface area contributed by atoms with E-state index in [1.807, 2.05) is 44.2 Å². The number of rotatable bonds is 8. The second kappa shape index (κ2) is 9.55. The van der Waals surface area contributed by atoms with E-state index in [4.69, 9.17) is 0 Å². The van der Waals surface area contributed by atoms with Gasteiger partial charge in [0.15, 0.2) is 0 Å². The molecule has 7 heteroatoms. The fourth-order valence-corrected chi connectivity index (χ4v) is 2.56. The molecule has 0 aliphatic carbocycles. The van der Waals surface area contributed by atoms with Crippen LogP contribution in [0.15, 0.2) is 42.9 Å². The molecule has 0 aliphatic rings. The minimum atomic E-state index is -1.12. The molecule has 7 nitrogen and oxygen atoms in total. The SMILES string of the molecule is CC(C)CC(NC(Cc1cn(C#Cc2ccccc2)cn1)C(=O)O)C(=O)O. The molecular formula is C20H23N3O4. The van der Waals surface area contributed by atoms with Crippen LogP contribution in [0.1, 0.15) is 31.5 Å². The predicted octanol–water partition coefficient (Wildman–Crippen LogP) is 1.83. The minimum absolute atomic E-state index is 0.0667. The fraction of sp³-hybridized carbons (Fsp3) is 0.350. The summed E-state index contributed by atoms with van der Waals surface area (Å²) in [6, 6.07) is 10.4. The van der Waals surface area contributed by atoms with Crippen LogP contribution in [0.4, 0.5) is 0 Å². The van der Waals surface area contributed by atoms with Gasteiger partial charge in [0.25, 0.3) is 0 Å². The Morgan fingerprint density at radius 2 is 1.81 bits per heavy atom. The van der Waals surface area contributed by atoms with E-state index in [1.165, 1.54) is 6.33 Å². The molecule has 2 aromatic rings. The van der Waals surface area contributed by atoms with Crippen LogP contribution < -0.4 is 5.32 Å². The van der Waals surface area contributed by atoms with Gasteiger partial charge in [-0.3, -0.25) is 19.5 Å². The predicted molar refractivity (Wildman–Crippen MR) is 100 cm³/mol. The summed E-state index contributed by atoms with van der Waals surface area (Å²) in [4.78, 5) is 27.1. The monoisotopic (exact) mass is 369 g/mol. The third-order valence-corrected chi connectivity index (χ3v) is 3.86. The Morgan fingerprint density at radius 3 is 2.41 bits per heavy atom. The van der Waals surface area contributed by atoms with E-state index in [0.29, 0.717) is 12.1 Å². The average Bonchev–Trinajstić information content (AvgIpc) is 3.06. The van der Waals surface area contributed by atoms with Crippen molar-refractivity contribution in [3.05, 3.63) is 54.1 Å². The number of carboxylic acids is 2. The van der Waals surface area contributed by atoms with Crippen LogP contribution in [-0.2, 0) is 16.0 Å². The van der Waals surface area contributed by atoms with Gasteiger partial charge in [0, 0.05) is 24.2 Å². The minimum Gasteiger partial charge on any atom is -0.480 e. The lowest BCUT2D eigenvalue weighted by Gasteiger charge is -2.21. The first-order chi connectivity index (χ1) is 12.8. The standard InChI is InChI=1S/C20H23N3O4/c1-14(2)10-17(19(24)25)22-18(20(26)27)11-16-12-23(13-21-16)9-8-15-6-4-3-5-7-15/h3-7,12-14,17-18,22H,10-11H2,1-2H3,(H,24,25)(H,26,27). The molecular weight excluding hydrogens is 346 g/mol. The van der Waals surface area contributed by atoms with Gasteiger partial charge < -0.3 is 10.2 Å². The lowest BCUT2D eigenvalue weighted by atomic mass is 10.0. The third-order valence-electron chi connectivity index (χ3n) is 3.86. The number of hydrogen-bond acceptors (Lipinski definition) is 4. The Morgan fingerprint density at radius 1 is 1.15 bits per heavy atom. The van der Waals surface area contributed by atoms with Crippen LogP contribution in [0, 0.1) is 17.9 Å². The summed E-state index contributed by atoms with van der Waals surface area (Å²) >= 11 is 0. The molecule has 0 saturated heterocycles. The number of carboxylic acid groups (broad SMARTS) is 2. The molecule has 1 aromatic heterocycles. The Kier molecular flexibility index (Phi) is 7.15. The summed E-state index contributed by atoms with van der Waals surface area (Å²) < 4.78 is 1.56. The number of aliphatic carboxylic acids is 2. The highest BCUT2D eigenvalue weighted by Crippen LogP contribution is 2.08. The van der Waals surface area contributed by atoms with E-state index in [1.54, 1.807) is 10.8 Å². The first-order valence-electron chi connectivity index (χ1n) is 8.66. The largest absolute Gasteiger partial charge is 0.480 e. The van der Waals surface area contributed by atoms with Crippen molar-refractivity contribution in [3.63, 3.8) is 0 Å². The second-order valence-electron chi connectivity index (χ2n) is 6.66. The molecule has 2 unspecified atom stereocenters. The van der Waals surface area contributed by atoms with Gasteiger partial charge >= 0.3 is 11.9 Å². The van der Waals surface area contributed by atoms with Crippen molar-refractivity contribution >= 4 is 11.9 Å².